The van der Waals surface area contributed by atoms with Gasteiger partial charge < -0.3 is 10.2 Å². The number of rotatable bonds is 3. The lowest BCUT2D eigenvalue weighted by molar-refractivity contribution is -0.115. The van der Waals surface area contributed by atoms with Crippen LogP contribution in [0.5, 0.6) is 0 Å². The van der Waals surface area contributed by atoms with Crippen LogP contribution >= 0.6 is 11.8 Å². The summed E-state index contributed by atoms with van der Waals surface area (Å²) in [5, 5.41) is 3.55. The molecular formula is C18H19N3O2S. The van der Waals surface area contributed by atoms with E-state index in [1.54, 1.807) is 23.2 Å². The van der Waals surface area contributed by atoms with Crippen LogP contribution in [0.25, 0.3) is 0 Å². The molecule has 2 aromatic rings. The van der Waals surface area contributed by atoms with E-state index in [9.17, 15) is 9.59 Å². The number of anilines is 2. The standard InChI is InChI=1S/C18H19N3O2S/c1-4-16(22)20-12-7-8-14-15(10-12)24-17-13(6-5-9-19-17)18(23)21(14)11(2)3/h5-11H,4H2,1-3H3,(H,20,22). The maximum atomic E-state index is 13.0. The van der Waals surface area contributed by atoms with Crippen LogP contribution in [0.4, 0.5) is 11.4 Å². The first-order valence-electron chi connectivity index (χ1n) is 7.91. The minimum Gasteiger partial charge on any atom is -0.326 e. The highest BCUT2D eigenvalue weighted by molar-refractivity contribution is 7.99. The second-order valence-electron chi connectivity index (χ2n) is 5.81. The zero-order valence-corrected chi connectivity index (χ0v) is 14.7. The van der Waals surface area contributed by atoms with Gasteiger partial charge in [-0.25, -0.2) is 4.98 Å². The molecule has 0 bridgehead atoms. The van der Waals surface area contributed by atoms with Gasteiger partial charge in [0.15, 0.2) is 0 Å². The molecule has 1 aliphatic heterocycles. The molecule has 0 saturated carbocycles. The number of fused-ring (bicyclic) bond motifs is 2. The molecule has 1 aromatic heterocycles. The Kier molecular flexibility index (Phi) is 4.57. The van der Waals surface area contributed by atoms with Crippen LogP contribution in [0.3, 0.4) is 0 Å². The summed E-state index contributed by atoms with van der Waals surface area (Å²) in [4.78, 5) is 31.6. The van der Waals surface area contributed by atoms with Crippen LogP contribution < -0.4 is 10.2 Å². The van der Waals surface area contributed by atoms with Crippen LogP contribution in [0, 0.1) is 0 Å². The first-order valence-corrected chi connectivity index (χ1v) is 8.73. The van der Waals surface area contributed by atoms with Gasteiger partial charge in [-0.05, 0) is 44.2 Å². The monoisotopic (exact) mass is 341 g/mol. The van der Waals surface area contributed by atoms with Gasteiger partial charge in [0.2, 0.25) is 5.91 Å². The summed E-state index contributed by atoms with van der Waals surface area (Å²) >= 11 is 1.45. The molecule has 0 fully saturated rings. The largest absolute Gasteiger partial charge is 0.326 e. The number of benzene rings is 1. The van der Waals surface area contributed by atoms with E-state index in [-0.39, 0.29) is 17.9 Å². The molecule has 124 valence electrons. The van der Waals surface area contributed by atoms with Crippen molar-refractivity contribution in [3.63, 3.8) is 0 Å². The fourth-order valence-corrected chi connectivity index (χ4v) is 3.66. The third-order valence-electron chi connectivity index (χ3n) is 3.77. The number of hydrogen-bond acceptors (Lipinski definition) is 4. The quantitative estimate of drug-likeness (QED) is 0.918. The molecule has 5 nitrogen and oxygen atoms in total. The molecular weight excluding hydrogens is 322 g/mol. The fourth-order valence-electron chi connectivity index (χ4n) is 2.61. The van der Waals surface area contributed by atoms with Gasteiger partial charge in [0, 0.05) is 29.2 Å². The van der Waals surface area contributed by atoms with E-state index in [0.29, 0.717) is 17.0 Å². The zero-order valence-electron chi connectivity index (χ0n) is 13.9. The second kappa shape index (κ2) is 6.65. The molecule has 6 heteroatoms. The molecule has 0 atom stereocenters. The molecule has 2 heterocycles. The topological polar surface area (TPSA) is 62.3 Å². The molecule has 1 aromatic carbocycles. The summed E-state index contributed by atoms with van der Waals surface area (Å²) in [6.45, 7) is 5.79. The first kappa shape index (κ1) is 16.5. The average Bonchev–Trinajstić information content (AvgIpc) is 2.68. The number of amides is 2. The summed E-state index contributed by atoms with van der Waals surface area (Å²) in [6.07, 6.45) is 2.11. The molecule has 0 aliphatic carbocycles. The van der Waals surface area contributed by atoms with Crippen LogP contribution in [0.1, 0.15) is 37.6 Å². The Morgan fingerprint density at radius 3 is 2.83 bits per heavy atom. The second-order valence-corrected chi connectivity index (χ2v) is 6.84. The minimum absolute atomic E-state index is 0.0130. The van der Waals surface area contributed by atoms with Crippen LogP contribution in [-0.2, 0) is 4.79 Å². The molecule has 0 radical (unpaired) electrons. The van der Waals surface area contributed by atoms with Crippen molar-refractivity contribution in [2.45, 2.75) is 43.2 Å². The van der Waals surface area contributed by atoms with Crippen LogP contribution in [-0.4, -0.2) is 22.8 Å². The van der Waals surface area contributed by atoms with Crippen LogP contribution in [0.2, 0.25) is 0 Å². The number of pyridine rings is 1. The van der Waals surface area contributed by atoms with E-state index < -0.39 is 0 Å². The Balaban J connectivity index is 2.11. The molecule has 24 heavy (non-hydrogen) atoms. The predicted octanol–water partition coefficient (Wildman–Crippen LogP) is 3.95. The lowest BCUT2D eigenvalue weighted by atomic mass is 10.1. The Hall–Kier alpha value is -2.34. The number of hydrogen-bond donors (Lipinski definition) is 1. The lowest BCUT2D eigenvalue weighted by Gasteiger charge is -2.27. The summed E-state index contributed by atoms with van der Waals surface area (Å²) in [5.74, 6) is -0.0893. The van der Waals surface area contributed by atoms with Crippen molar-refractivity contribution in [2.24, 2.45) is 0 Å². The van der Waals surface area contributed by atoms with Crippen LogP contribution in [0.15, 0.2) is 46.5 Å². The van der Waals surface area contributed by atoms with Crippen molar-refractivity contribution in [1.29, 1.82) is 0 Å². The van der Waals surface area contributed by atoms with Gasteiger partial charge in [-0.3, -0.25) is 9.59 Å². The number of carbonyl (C=O) groups excluding carboxylic acids is 2. The highest BCUT2D eigenvalue weighted by atomic mass is 32.2. The highest BCUT2D eigenvalue weighted by Crippen LogP contribution is 2.42. The third kappa shape index (κ3) is 3.01. The Bertz CT molecular complexity index is 805. The van der Waals surface area contributed by atoms with Crippen molar-refractivity contribution in [3.8, 4) is 0 Å². The number of aromatic nitrogens is 1. The van der Waals surface area contributed by atoms with Gasteiger partial charge in [-0.2, -0.15) is 0 Å². The van der Waals surface area contributed by atoms with Crippen molar-refractivity contribution in [2.75, 3.05) is 10.2 Å². The number of nitrogens with one attached hydrogen (secondary N) is 1. The SMILES string of the molecule is CCC(=O)Nc1ccc2c(c1)Sc1ncccc1C(=O)N2C(C)C. The van der Waals surface area contributed by atoms with E-state index in [2.05, 4.69) is 10.3 Å². The smallest absolute Gasteiger partial charge is 0.261 e. The molecule has 1 aliphatic rings. The summed E-state index contributed by atoms with van der Waals surface area (Å²) in [5.41, 5.74) is 2.17. The maximum absolute atomic E-state index is 13.0. The molecule has 0 spiro atoms. The van der Waals surface area contributed by atoms with Crippen molar-refractivity contribution < 1.29 is 9.59 Å². The van der Waals surface area contributed by atoms with Gasteiger partial charge in [0.25, 0.3) is 5.91 Å². The normalized spacial score (nSPS) is 13.3. The molecule has 0 saturated heterocycles. The third-order valence-corrected chi connectivity index (χ3v) is 4.83. The summed E-state index contributed by atoms with van der Waals surface area (Å²) in [7, 11) is 0. The average molecular weight is 341 g/mol. The molecule has 2 amide bonds. The van der Waals surface area contributed by atoms with Gasteiger partial charge in [-0.15, -0.1) is 0 Å². The van der Waals surface area contributed by atoms with Gasteiger partial charge in [0.1, 0.15) is 5.03 Å². The molecule has 1 N–H and O–H groups in total. The van der Waals surface area contributed by atoms with E-state index in [1.165, 1.54) is 11.8 Å². The summed E-state index contributed by atoms with van der Waals surface area (Å²) in [6, 6.07) is 9.22. The number of nitrogens with zero attached hydrogens (tertiary/aromatic N) is 2. The van der Waals surface area contributed by atoms with Crippen molar-refractivity contribution in [1.82, 2.24) is 4.98 Å². The van der Waals surface area contributed by atoms with E-state index in [0.717, 1.165) is 16.3 Å². The van der Waals surface area contributed by atoms with Crippen molar-refractivity contribution in [3.05, 3.63) is 42.1 Å². The lowest BCUT2D eigenvalue weighted by Crippen LogP contribution is -2.37. The van der Waals surface area contributed by atoms with Gasteiger partial charge in [-0.1, -0.05) is 18.7 Å². The Labute approximate surface area is 145 Å². The van der Waals surface area contributed by atoms with E-state index >= 15 is 0 Å². The molecule has 3 rings (SSSR count). The highest BCUT2D eigenvalue weighted by Gasteiger charge is 2.29. The summed E-state index contributed by atoms with van der Waals surface area (Å²) < 4.78 is 0. The predicted molar refractivity (Wildman–Crippen MR) is 95.7 cm³/mol. The van der Waals surface area contributed by atoms with E-state index in [4.69, 9.17) is 0 Å². The van der Waals surface area contributed by atoms with E-state index in [1.807, 2.05) is 39.0 Å². The number of carbonyl (C=O) groups is 2. The zero-order chi connectivity index (χ0) is 17.3. The van der Waals surface area contributed by atoms with Gasteiger partial charge >= 0.3 is 0 Å². The Morgan fingerprint density at radius 2 is 2.12 bits per heavy atom. The van der Waals surface area contributed by atoms with Crippen molar-refractivity contribution >= 4 is 35.0 Å². The fraction of sp³-hybridized carbons (Fsp3) is 0.278. The molecule has 0 unspecified atom stereocenters. The first-order chi connectivity index (χ1) is 11.5. The minimum atomic E-state index is -0.0512. The Morgan fingerprint density at radius 1 is 1.33 bits per heavy atom. The maximum Gasteiger partial charge on any atom is 0.261 e. The van der Waals surface area contributed by atoms with Gasteiger partial charge in [0.05, 0.1) is 11.3 Å².